The van der Waals surface area contributed by atoms with Crippen molar-refractivity contribution in [2.75, 3.05) is 13.6 Å². The second-order valence-corrected chi connectivity index (χ2v) is 6.57. The second kappa shape index (κ2) is 6.16. The van der Waals surface area contributed by atoms with E-state index >= 15 is 0 Å². The van der Waals surface area contributed by atoms with Crippen LogP contribution in [0.25, 0.3) is 0 Å². The molecule has 1 aliphatic carbocycles. The van der Waals surface area contributed by atoms with Crippen LogP contribution >= 0.6 is 0 Å². The van der Waals surface area contributed by atoms with Crippen molar-refractivity contribution in [3.8, 4) is 0 Å². The third-order valence-corrected chi connectivity index (χ3v) is 5.21. The molecule has 1 unspecified atom stereocenters. The van der Waals surface area contributed by atoms with Crippen molar-refractivity contribution in [3.63, 3.8) is 0 Å². The third kappa shape index (κ3) is 2.97. The molecular weight excluding hydrogens is 266 g/mol. The van der Waals surface area contributed by atoms with Crippen LogP contribution in [0.2, 0.25) is 0 Å². The Hall–Kier alpha value is -1.39. The fourth-order valence-electron chi connectivity index (χ4n) is 4.04. The van der Waals surface area contributed by atoms with Gasteiger partial charge in [-0.05, 0) is 31.6 Å². The van der Waals surface area contributed by atoms with Gasteiger partial charge in [-0.1, -0.05) is 19.3 Å². The van der Waals surface area contributed by atoms with Crippen LogP contribution in [0.1, 0.15) is 57.8 Å². The maximum atomic E-state index is 12.8. The first-order chi connectivity index (χ1) is 10.2. The van der Waals surface area contributed by atoms with Gasteiger partial charge in [0.25, 0.3) is 5.91 Å². The van der Waals surface area contributed by atoms with Gasteiger partial charge in [-0.3, -0.25) is 9.59 Å². The minimum Gasteiger partial charge on any atom is -0.334 e. The standard InChI is InChI=1S/C16H25N3O2/c1-18-15(20)10-9-13(17-18)16(21)19-11-5-8-14(19)12-6-3-2-4-7-12/h12,14H,2-11H2,1H3. The van der Waals surface area contributed by atoms with Gasteiger partial charge in [0, 0.05) is 32.5 Å². The molecule has 21 heavy (non-hydrogen) atoms. The number of rotatable bonds is 2. The van der Waals surface area contributed by atoms with Gasteiger partial charge >= 0.3 is 0 Å². The molecule has 116 valence electrons. The average molecular weight is 291 g/mol. The first-order valence-electron chi connectivity index (χ1n) is 8.32. The summed E-state index contributed by atoms with van der Waals surface area (Å²) in [4.78, 5) is 26.3. The predicted octanol–water partition coefficient (Wildman–Crippen LogP) is 2.17. The Labute approximate surface area is 126 Å². The van der Waals surface area contributed by atoms with E-state index in [0.29, 0.717) is 30.5 Å². The summed E-state index contributed by atoms with van der Waals surface area (Å²) in [6.07, 6.45) is 9.63. The molecule has 1 saturated carbocycles. The zero-order valence-electron chi connectivity index (χ0n) is 12.9. The Bertz CT molecular complexity index is 454. The molecule has 1 atom stereocenters. The third-order valence-electron chi connectivity index (χ3n) is 5.21. The van der Waals surface area contributed by atoms with E-state index in [1.165, 1.54) is 37.1 Å². The van der Waals surface area contributed by atoms with E-state index in [-0.39, 0.29) is 11.8 Å². The van der Waals surface area contributed by atoms with Gasteiger partial charge in [0.1, 0.15) is 5.71 Å². The number of likely N-dealkylation sites (tertiary alicyclic amines) is 1. The van der Waals surface area contributed by atoms with E-state index in [9.17, 15) is 9.59 Å². The minimum atomic E-state index is -0.00296. The van der Waals surface area contributed by atoms with Gasteiger partial charge in [0.2, 0.25) is 5.91 Å². The summed E-state index contributed by atoms with van der Waals surface area (Å²) in [5.41, 5.74) is 0.569. The number of hydrazone groups is 1. The van der Waals surface area contributed by atoms with Gasteiger partial charge in [-0.2, -0.15) is 5.10 Å². The Kier molecular flexibility index (Phi) is 4.27. The number of hydrogen-bond donors (Lipinski definition) is 0. The monoisotopic (exact) mass is 291 g/mol. The fourth-order valence-corrected chi connectivity index (χ4v) is 4.04. The van der Waals surface area contributed by atoms with Gasteiger partial charge in [0.15, 0.2) is 0 Å². The zero-order chi connectivity index (χ0) is 14.8. The summed E-state index contributed by atoms with van der Waals surface area (Å²) in [7, 11) is 1.64. The summed E-state index contributed by atoms with van der Waals surface area (Å²) in [6.45, 7) is 0.858. The quantitative estimate of drug-likeness (QED) is 0.783. The van der Waals surface area contributed by atoms with Crippen molar-refractivity contribution in [2.45, 2.75) is 63.8 Å². The molecule has 5 heteroatoms. The maximum Gasteiger partial charge on any atom is 0.270 e. The van der Waals surface area contributed by atoms with Crippen molar-refractivity contribution in [1.82, 2.24) is 9.91 Å². The Morgan fingerprint density at radius 3 is 2.57 bits per heavy atom. The molecule has 0 aromatic heterocycles. The van der Waals surface area contributed by atoms with E-state index in [2.05, 4.69) is 10.0 Å². The molecule has 0 radical (unpaired) electrons. The Morgan fingerprint density at radius 1 is 1.10 bits per heavy atom. The molecule has 2 aliphatic heterocycles. The average Bonchev–Trinajstić information content (AvgIpc) is 2.99. The van der Waals surface area contributed by atoms with E-state index in [1.54, 1.807) is 7.05 Å². The normalized spacial score (nSPS) is 28.0. The fraction of sp³-hybridized carbons (Fsp3) is 0.812. The minimum absolute atomic E-state index is 0.00296. The van der Waals surface area contributed by atoms with Crippen LogP contribution in [0.3, 0.4) is 0 Å². The predicted molar refractivity (Wildman–Crippen MR) is 80.7 cm³/mol. The summed E-state index contributed by atoms with van der Waals surface area (Å²) < 4.78 is 0. The summed E-state index contributed by atoms with van der Waals surface area (Å²) >= 11 is 0. The lowest BCUT2D eigenvalue weighted by molar-refractivity contribution is -0.131. The van der Waals surface area contributed by atoms with Crippen LogP contribution in [0.4, 0.5) is 0 Å². The largest absolute Gasteiger partial charge is 0.334 e. The first-order valence-corrected chi connectivity index (χ1v) is 8.32. The summed E-state index contributed by atoms with van der Waals surface area (Å²) in [5.74, 6) is 0.743. The lowest BCUT2D eigenvalue weighted by Gasteiger charge is -2.34. The van der Waals surface area contributed by atoms with Crippen LogP contribution in [-0.4, -0.2) is 47.1 Å². The molecule has 3 rings (SSSR count). The van der Waals surface area contributed by atoms with Crippen molar-refractivity contribution < 1.29 is 9.59 Å². The number of carbonyl (C=O) groups is 2. The van der Waals surface area contributed by atoms with Crippen LogP contribution in [-0.2, 0) is 9.59 Å². The molecule has 0 aromatic rings. The molecule has 1 saturated heterocycles. The van der Waals surface area contributed by atoms with E-state index in [0.717, 1.165) is 19.4 Å². The second-order valence-electron chi connectivity index (χ2n) is 6.57. The van der Waals surface area contributed by atoms with Gasteiger partial charge in [-0.25, -0.2) is 5.01 Å². The molecule has 0 aromatic carbocycles. The van der Waals surface area contributed by atoms with Crippen LogP contribution < -0.4 is 0 Å². The van der Waals surface area contributed by atoms with E-state index in [1.807, 2.05) is 0 Å². The summed E-state index contributed by atoms with van der Waals surface area (Å²) in [6, 6.07) is 0.406. The molecule has 0 bridgehead atoms. The highest BCUT2D eigenvalue weighted by molar-refractivity contribution is 6.39. The van der Waals surface area contributed by atoms with E-state index in [4.69, 9.17) is 0 Å². The van der Waals surface area contributed by atoms with Gasteiger partial charge in [-0.15, -0.1) is 0 Å². The van der Waals surface area contributed by atoms with Crippen LogP contribution in [0, 0.1) is 5.92 Å². The first kappa shape index (κ1) is 14.5. The highest BCUT2D eigenvalue weighted by Crippen LogP contribution is 2.34. The Balaban J connectivity index is 1.71. The molecule has 3 aliphatic rings. The molecule has 2 fully saturated rings. The van der Waals surface area contributed by atoms with Crippen molar-refractivity contribution in [3.05, 3.63) is 0 Å². The lowest BCUT2D eigenvalue weighted by atomic mass is 9.83. The van der Waals surface area contributed by atoms with Crippen molar-refractivity contribution in [1.29, 1.82) is 0 Å². The topological polar surface area (TPSA) is 53.0 Å². The molecule has 0 spiro atoms. The van der Waals surface area contributed by atoms with Crippen molar-refractivity contribution >= 4 is 17.5 Å². The van der Waals surface area contributed by atoms with Crippen LogP contribution in [0.15, 0.2) is 5.10 Å². The SMILES string of the molecule is CN1N=C(C(=O)N2CCCC2C2CCCCC2)CCC1=O. The highest BCUT2D eigenvalue weighted by atomic mass is 16.2. The van der Waals surface area contributed by atoms with Crippen molar-refractivity contribution in [2.24, 2.45) is 11.0 Å². The van der Waals surface area contributed by atoms with E-state index < -0.39 is 0 Å². The molecule has 2 heterocycles. The molecule has 0 N–H and O–H groups in total. The zero-order valence-corrected chi connectivity index (χ0v) is 12.9. The smallest absolute Gasteiger partial charge is 0.270 e. The highest BCUT2D eigenvalue weighted by Gasteiger charge is 2.37. The van der Waals surface area contributed by atoms with Gasteiger partial charge < -0.3 is 4.90 Å². The molecular formula is C16H25N3O2. The summed E-state index contributed by atoms with van der Waals surface area (Å²) in [5, 5.41) is 5.52. The number of nitrogens with zero attached hydrogens (tertiary/aromatic N) is 3. The lowest BCUT2D eigenvalue weighted by Crippen LogP contribution is -2.45. The van der Waals surface area contributed by atoms with Crippen LogP contribution in [0.5, 0.6) is 0 Å². The molecule has 2 amide bonds. The number of hydrogen-bond acceptors (Lipinski definition) is 3. The number of amides is 2. The Morgan fingerprint density at radius 2 is 1.86 bits per heavy atom. The number of carbonyl (C=O) groups excluding carboxylic acids is 2. The molecule has 5 nitrogen and oxygen atoms in total. The van der Waals surface area contributed by atoms with Gasteiger partial charge in [0.05, 0.1) is 0 Å². The maximum absolute atomic E-state index is 12.8.